The second kappa shape index (κ2) is 8.60. The number of carbonyl (C=O) groups is 2. The topological polar surface area (TPSA) is 58.6 Å². The maximum absolute atomic E-state index is 14.1. The van der Waals surface area contributed by atoms with Crippen molar-refractivity contribution < 1.29 is 40.7 Å². The zero-order valence-corrected chi connectivity index (χ0v) is 18.1. The fourth-order valence-electron chi connectivity index (χ4n) is 3.34. The third-order valence-electron chi connectivity index (χ3n) is 4.89. The molecule has 0 bridgehead atoms. The van der Waals surface area contributed by atoms with Gasteiger partial charge < -0.3 is 10.1 Å². The SMILES string of the molecule is CC(=O)NCc1ccc(N2CC(c3cc(Cl)cc(Cl)c3)(C(F)(F)F)OC2=O)cc1C(F)(F)F. The van der Waals surface area contributed by atoms with Crippen LogP contribution in [0.1, 0.15) is 23.6 Å². The van der Waals surface area contributed by atoms with Crippen molar-refractivity contribution in [2.75, 3.05) is 11.4 Å². The third-order valence-corrected chi connectivity index (χ3v) is 5.32. The largest absolute Gasteiger partial charge is 0.434 e. The molecule has 1 atom stereocenters. The summed E-state index contributed by atoms with van der Waals surface area (Å²) in [5.41, 5.74) is -5.83. The maximum Gasteiger partial charge on any atom is 0.434 e. The van der Waals surface area contributed by atoms with Gasteiger partial charge in [0.2, 0.25) is 5.91 Å². The molecule has 1 aliphatic heterocycles. The van der Waals surface area contributed by atoms with Crippen LogP contribution in [0.5, 0.6) is 0 Å². The van der Waals surface area contributed by atoms with Crippen LogP contribution in [0, 0.1) is 0 Å². The van der Waals surface area contributed by atoms with Crippen LogP contribution in [0.15, 0.2) is 36.4 Å². The number of cyclic esters (lactones) is 1. The Morgan fingerprint density at radius 1 is 1.09 bits per heavy atom. The average molecular weight is 515 g/mol. The third kappa shape index (κ3) is 4.98. The summed E-state index contributed by atoms with van der Waals surface area (Å²) >= 11 is 11.6. The van der Waals surface area contributed by atoms with E-state index in [9.17, 15) is 35.9 Å². The number of benzene rings is 2. The molecule has 2 aromatic rings. The number of hydrogen-bond acceptors (Lipinski definition) is 3. The zero-order chi connectivity index (χ0) is 24.8. The van der Waals surface area contributed by atoms with Gasteiger partial charge in [-0.05, 0) is 35.9 Å². The van der Waals surface area contributed by atoms with Crippen molar-refractivity contribution >= 4 is 40.9 Å². The average Bonchev–Trinajstić information content (AvgIpc) is 3.03. The van der Waals surface area contributed by atoms with Gasteiger partial charge in [-0.1, -0.05) is 29.3 Å². The Labute approximate surface area is 193 Å². The zero-order valence-electron chi connectivity index (χ0n) is 16.6. The Kier molecular flexibility index (Phi) is 6.51. The minimum atomic E-state index is -5.15. The summed E-state index contributed by atoms with van der Waals surface area (Å²) in [6.45, 7) is -0.530. The lowest BCUT2D eigenvalue weighted by molar-refractivity contribution is -0.250. The number of alkyl halides is 6. The molecule has 0 spiro atoms. The predicted molar refractivity (Wildman–Crippen MR) is 107 cm³/mol. The lowest BCUT2D eigenvalue weighted by Crippen LogP contribution is -2.46. The van der Waals surface area contributed by atoms with Gasteiger partial charge in [0.15, 0.2) is 0 Å². The highest BCUT2D eigenvalue weighted by Crippen LogP contribution is 2.49. The van der Waals surface area contributed by atoms with Crippen LogP contribution in [0.2, 0.25) is 10.0 Å². The van der Waals surface area contributed by atoms with Gasteiger partial charge in [-0.15, -0.1) is 0 Å². The van der Waals surface area contributed by atoms with Crippen LogP contribution >= 0.6 is 23.2 Å². The number of anilines is 1. The number of ether oxygens (including phenoxy) is 1. The molecular weight excluding hydrogens is 501 g/mol. The van der Waals surface area contributed by atoms with Crippen molar-refractivity contribution in [1.82, 2.24) is 5.32 Å². The summed E-state index contributed by atoms with van der Waals surface area (Å²) in [7, 11) is 0. The number of amides is 2. The molecule has 3 rings (SSSR count). The molecule has 1 unspecified atom stereocenters. The molecule has 5 nitrogen and oxygen atoms in total. The Bertz CT molecular complexity index is 1090. The van der Waals surface area contributed by atoms with E-state index >= 15 is 0 Å². The minimum absolute atomic E-state index is 0.155. The summed E-state index contributed by atoms with van der Waals surface area (Å²) in [5.74, 6) is -0.578. The van der Waals surface area contributed by atoms with E-state index in [-0.39, 0.29) is 15.6 Å². The minimum Gasteiger partial charge on any atom is -0.426 e. The number of nitrogens with one attached hydrogen (secondary N) is 1. The second-order valence-corrected chi connectivity index (χ2v) is 8.06. The highest BCUT2D eigenvalue weighted by atomic mass is 35.5. The molecule has 2 aromatic carbocycles. The van der Waals surface area contributed by atoms with Gasteiger partial charge in [-0.3, -0.25) is 9.69 Å². The smallest absolute Gasteiger partial charge is 0.426 e. The van der Waals surface area contributed by atoms with Gasteiger partial charge in [0.25, 0.3) is 5.60 Å². The molecule has 0 radical (unpaired) electrons. The van der Waals surface area contributed by atoms with Crippen molar-refractivity contribution in [3.05, 3.63) is 63.1 Å². The fourth-order valence-corrected chi connectivity index (χ4v) is 3.86. The van der Waals surface area contributed by atoms with Gasteiger partial charge in [0.05, 0.1) is 12.1 Å². The highest BCUT2D eigenvalue weighted by Gasteiger charge is 2.65. The van der Waals surface area contributed by atoms with Crippen LogP contribution in [0.3, 0.4) is 0 Å². The molecule has 13 heteroatoms. The van der Waals surface area contributed by atoms with Crippen LogP contribution in [-0.2, 0) is 27.9 Å². The van der Waals surface area contributed by atoms with Crippen LogP contribution < -0.4 is 10.2 Å². The van der Waals surface area contributed by atoms with Crippen LogP contribution in [0.25, 0.3) is 0 Å². The standard InChI is InChI=1S/C20H14Cl2F6N2O3/c1-10(31)29-8-11-2-3-15(7-16(11)19(23,24)25)30-9-18(20(26,27)28,33-17(30)32)12-4-13(21)6-14(22)5-12/h2-7H,8-9H2,1H3,(H,29,31). The first-order valence-corrected chi connectivity index (χ1v) is 9.88. The van der Waals surface area contributed by atoms with Crippen LogP contribution in [-0.4, -0.2) is 24.7 Å². The van der Waals surface area contributed by atoms with Crippen molar-refractivity contribution in [3.8, 4) is 0 Å². The molecule has 0 saturated carbocycles. The first-order chi connectivity index (χ1) is 15.1. The van der Waals surface area contributed by atoms with Crippen LogP contribution in [0.4, 0.5) is 36.8 Å². The fraction of sp³-hybridized carbons (Fsp3) is 0.300. The van der Waals surface area contributed by atoms with E-state index in [4.69, 9.17) is 27.9 Å². The first-order valence-electron chi connectivity index (χ1n) is 9.12. The van der Waals surface area contributed by atoms with Gasteiger partial charge in [-0.2, -0.15) is 26.3 Å². The lowest BCUT2D eigenvalue weighted by atomic mass is 9.92. The Morgan fingerprint density at radius 3 is 2.21 bits per heavy atom. The maximum atomic E-state index is 14.1. The summed E-state index contributed by atoms with van der Waals surface area (Å²) in [6, 6.07) is 5.52. The van der Waals surface area contributed by atoms with Crippen molar-refractivity contribution in [2.24, 2.45) is 0 Å². The normalized spacial score (nSPS) is 18.9. The highest BCUT2D eigenvalue weighted by molar-refractivity contribution is 6.34. The molecule has 0 aromatic heterocycles. The van der Waals surface area contributed by atoms with Gasteiger partial charge >= 0.3 is 18.4 Å². The van der Waals surface area contributed by atoms with E-state index in [2.05, 4.69) is 5.32 Å². The molecular formula is C20H14Cl2F6N2O3. The molecule has 1 aliphatic rings. The molecule has 1 heterocycles. The second-order valence-electron chi connectivity index (χ2n) is 7.19. The first kappa shape index (κ1) is 25.0. The van der Waals surface area contributed by atoms with E-state index < -0.39 is 59.9 Å². The quantitative estimate of drug-likeness (QED) is 0.504. The summed E-state index contributed by atoms with van der Waals surface area (Å²) in [5, 5.41) is 1.91. The summed E-state index contributed by atoms with van der Waals surface area (Å²) in [4.78, 5) is 23.9. The molecule has 2 amide bonds. The number of hydrogen-bond donors (Lipinski definition) is 1. The van der Waals surface area contributed by atoms with Crippen molar-refractivity contribution in [1.29, 1.82) is 0 Å². The number of rotatable bonds is 4. The van der Waals surface area contributed by atoms with Gasteiger partial charge in [-0.25, -0.2) is 4.79 Å². The van der Waals surface area contributed by atoms with E-state index in [0.717, 1.165) is 31.2 Å². The number of carbonyl (C=O) groups excluding carboxylic acids is 2. The van der Waals surface area contributed by atoms with Crippen molar-refractivity contribution in [3.63, 3.8) is 0 Å². The molecule has 1 N–H and O–H groups in total. The molecule has 33 heavy (non-hydrogen) atoms. The predicted octanol–water partition coefficient (Wildman–Crippen LogP) is 6.06. The van der Waals surface area contributed by atoms with Gasteiger partial charge in [0, 0.05) is 34.8 Å². The molecule has 178 valence electrons. The number of nitrogens with zero attached hydrogens (tertiary/aromatic N) is 1. The lowest BCUT2D eigenvalue weighted by Gasteiger charge is -2.30. The van der Waals surface area contributed by atoms with E-state index in [1.165, 1.54) is 6.07 Å². The summed E-state index contributed by atoms with van der Waals surface area (Å²) < 4.78 is 87.8. The molecule has 1 fully saturated rings. The van der Waals surface area contributed by atoms with Crippen molar-refractivity contribution in [2.45, 2.75) is 31.4 Å². The Morgan fingerprint density at radius 2 is 1.70 bits per heavy atom. The van der Waals surface area contributed by atoms with E-state index in [1.807, 2.05) is 0 Å². The van der Waals surface area contributed by atoms with E-state index in [0.29, 0.717) is 11.0 Å². The Hall–Kier alpha value is -2.66. The van der Waals surface area contributed by atoms with Gasteiger partial charge in [0.1, 0.15) is 0 Å². The number of halogens is 8. The summed E-state index contributed by atoms with van der Waals surface area (Å²) in [6.07, 6.45) is -11.6. The Balaban J connectivity index is 2.07. The molecule has 1 saturated heterocycles. The van der Waals surface area contributed by atoms with E-state index in [1.54, 1.807) is 0 Å². The molecule has 0 aliphatic carbocycles. The monoisotopic (exact) mass is 514 g/mol.